The molecule has 3 fully saturated rings. The topological polar surface area (TPSA) is 93.9 Å². The molecule has 1 aromatic rings. The summed E-state index contributed by atoms with van der Waals surface area (Å²) in [5, 5.41) is 16.2. The van der Waals surface area contributed by atoms with Gasteiger partial charge in [-0.1, -0.05) is 20.3 Å². The van der Waals surface area contributed by atoms with Gasteiger partial charge < -0.3 is 15.5 Å². The summed E-state index contributed by atoms with van der Waals surface area (Å²) in [6.45, 7) is 4.13. The van der Waals surface area contributed by atoms with E-state index >= 15 is 0 Å². The first-order valence-electron chi connectivity index (χ1n) is 12.1. The Hall–Kier alpha value is -2.41. The largest absolute Gasteiger partial charge is 0.433 e. The van der Waals surface area contributed by atoms with E-state index < -0.39 is 17.9 Å². The highest BCUT2D eigenvalue weighted by molar-refractivity contribution is 5.78. The molecule has 10 heteroatoms. The molecule has 3 saturated carbocycles. The number of nitrogens with one attached hydrogen (secondary N) is 2. The molecule has 0 saturated heterocycles. The SMILES string of the molecule is CCC(C#N)N(C)C(=O)CNC12CCCC3(C1)C(C2)CC3(CC)Nc1nccc(C(F)(F)F)n1. The molecule has 4 rings (SSSR count). The minimum absolute atomic E-state index is 0.0273. The van der Waals surface area contributed by atoms with Crippen LogP contribution in [-0.2, 0) is 11.0 Å². The predicted octanol–water partition coefficient (Wildman–Crippen LogP) is 4.13. The van der Waals surface area contributed by atoms with E-state index in [4.69, 9.17) is 0 Å². The van der Waals surface area contributed by atoms with Gasteiger partial charge in [-0.25, -0.2) is 9.97 Å². The monoisotopic (exact) mass is 478 g/mol. The standard InChI is InChI=1S/C24H33F3N6O/c1-4-17(13-28)33(3)19(34)14-30-21-8-6-9-22(15-21)16(11-21)12-23(22,5-2)32-20-29-10-7-18(31-20)24(25,26)27/h7,10,16-17,30H,4-6,8-9,11-12,14-15H2,1-3H3,(H,29,31,32). The predicted molar refractivity (Wildman–Crippen MR) is 120 cm³/mol. The van der Waals surface area contributed by atoms with Gasteiger partial charge in [0.1, 0.15) is 11.7 Å². The van der Waals surface area contributed by atoms with Crippen molar-refractivity contribution in [3.8, 4) is 6.07 Å². The molecule has 1 spiro atoms. The lowest BCUT2D eigenvalue weighted by Gasteiger charge is -2.63. The lowest BCUT2D eigenvalue weighted by Crippen LogP contribution is -2.66. The Bertz CT molecular complexity index is 980. The first-order chi connectivity index (χ1) is 16.0. The summed E-state index contributed by atoms with van der Waals surface area (Å²) in [5.41, 5.74) is -1.53. The minimum Gasteiger partial charge on any atom is -0.348 e. The van der Waals surface area contributed by atoms with Crippen LogP contribution in [0.25, 0.3) is 0 Å². The molecule has 2 bridgehead atoms. The fourth-order valence-corrected chi connectivity index (χ4v) is 7.06. The van der Waals surface area contributed by atoms with Gasteiger partial charge >= 0.3 is 6.18 Å². The van der Waals surface area contributed by atoms with Crippen molar-refractivity contribution in [1.29, 1.82) is 5.26 Å². The molecule has 2 N–H and O–H groups in total. The molecular formula is C24H33F3N6O. The van der Waals surface area contributed by atoms with Crippen LogP contribution in [0, 0.1) is 22.7 Å². The van der Waals surface area contributed by atoms with E-state index in [1.165, 1.54) is 4.90 Å². The Balaban J connectivity index is 1.50. The molecular weight excluding hydrogens is 445 g/mol. The summed E-state index contributed by atoms with van der Waals surface area (Å²) >= 11 is 0. The summed E-state index contributed by atoms with van der Waals surface area (Å²) in [4.78, 5) is 22.1. The van der Waals surface area contributed by atoms with Gasteiger partial charge in [0, 0.05) is 24.3 Å². The molecule has 34 heavy (non-hydrogen) atoms. The molecule has 3 aliphatic carbocycles. The molecule has 0 radical (unpaired) electrons. The van der Waals surface area contributed by atoms with Crippen molar-refractivity contribution in [3.05, 3.63) is 18.0 Å². The Kier molecular flexibility index (Phi) is 6.30. The number of halogens is 3. The lowest BCUT2D eigenvalue weighted by molar-refractivity contribution is -0.141. The zero-order valence-corrected chi connectivity index (χ0v) is 20.0. The number of rotatable bonds is 8. The zero-order valence-electron chi connectivity index (χ0n) is 20.0. The molecule has 186 valence electrons. The second-order valence-corrected chi connectivity index (χ2v) is 10.3. The van der Waals surface area contributed by atoms with Crippen LogP contribution in [0.15, 0.2) is 12.3 Å². The van der Waals surface area contributed by atoms with Crippen LogP contribution in [0.5, 0.6) is 0 Å². The maximum Gasteiger partial charge on any atom is 0.433 e. The van der Waals surface area contributed by atoms with E-state index in [1.54, 1.807) is 7.05 Å². The third-order valence-electron chi connectivity index (χ3n) is 8.81. The van der Waals surface area contributed by atoms with Gasteiger partial charge in [-0.05, 0) is 62.3 Å². The number of hydrogen-bond acceptors (Lipinski definition) is 6. The van der Waals surface area contributed by atoms with E-state index in [1.807, 2.05) is 6.92 Å². The Morgan fingerprint density at radius 3 is 2.76 bits per heavy atom. The quantitative estimate of drug-likeness (QED) is 0.584. The summed E-state index contributed by atoms with van der Waals surface area (Å²) in [5.74, 6) is 0.370. The third kappa shape index (κ3) is 3.92. The van der Waals surface area contributed by atoms with E-state index in [-0.39, 0.29) is 34.9 Å². The van der Waals surface area contributed by atoms with Crippen LogP contribution in [-0.4, -0.2) is 51.5 Å². The van der Waals surface area contributed by atoms with Gasteiger partial charge in [0.05, 0.1) is 12.6 Å². The molecule has 1 amide bonds. The van der Waals surface area contributed by atoms with Gasteiger partial charge in [-0.2, -0.15) is 18.4 Å². The first-order valence-corrected chi connectivity index (χ1v) is 12.1. The van der Waals surface area contributed by atoms with Gasteiger partial charge in [-0.15, -0.1) is 0 Å². The average Bonchev–Trinajstić information content (AvgIpc) is 2.99. The molecule has 1 aromatic heterocycles. The van der Waals surface area contributed by atoms with Gasteiger partial charge in [-0.3, -0.25) is 4.79 Å². The van der Waals surface area contributed by atoms with E-state index in [0.717, 1.165) is 57.2 Å². The van der Waals surface area contributed by atoms with Crippen molar-refractivity contribution < 1.29 is 18.0 Å². The van der Waals surface area contributed by atoms with Crippen molar-refractivity contribution in [1.82, 2.24) is 20.2 Å². The Labute approximate surface area is 198 Å². The number of nitrogens with zero attached hydrogens (tertiary/aromatic N) is 4. The van der Waals surface area contributed by atoms with Crippen LogP contribution in [0.2, 0.25) is 0 Å². The highest BCUT2D eigenvalue weighted by Crippen LogP contribution is 2.72. The number of hydrogen-bond donors (Lipinski definition) is 2. The number of fused-ring (bicyclic) bond motifs is 1. The fraction of sp³-hybridized carbons (Fsp3) is 0.750. The highest BCUT2D eigenvalue weighted by atomic mass is 19.4. The van der Waals surface area contributed by atoms with Gasteiger partial charge in [0.25, 0.3) is 0 Å². The second kappa shape index (κ2) is 8.67. The highest BCUT2D eigenvalue weighted by Gasteiger charge is 2.72. The number of nitriles is 1. The van der Waals surface area contributed by atoms with E-state index in [2.05, 4.69) is 33.6 Å². The molecule has 5 atom stereocenters. The minimum atomic E-state index is -4.52. The zero-order chi connectivity index (χ0) is 24.8. The van der Waals surface area contributed by atoms with Crippen molar-refractivity contribution in [2.45, 2.75) is 88.5 Å². The van der Waals surface area contributed by atoms with Crippen LogP contribution >= 0.6 is 0 Å². The van der Waals surface area contributed by atoms with E-state index in [9.17, 15) is 23.2 Å². The molecule has 0 aromatic carbocycles. The molecule has 7 nitrogen and oxygen atoms in total. The van der Waals surface area contributed by atoms with Crippen molar-refractivity contribution in [2.75, 3.05) is 18.9 Å². The Morgan fingerprint density at radius 1 is 1.35 bits per heavy atom. The number of anilines is 1. The maximum absolute atomic E-state index is 13.2. The maximum atomic E-state index is 13.2. The van der Waals surface area contributed by atoms with E-state index in [0.29, 0.717) is 12.3 Å². The van der Waals surface area contributed by atoms with Crippen LogP contribution in [0.4, 0.5) is 19.1 Å². The number of likely N-dealkylation sites (N-methyl/N-ethyl adjacent to an activating group) is 1. The molecule has 0 aliphatic heterocycles. The number of alkyl halides is 3. The number of amides is 1. The number of carbonyl (C=O) groups excluding carboxylic acids is 1. The van der Waals surface area contributed by atoms with Crippen molar-refractivity contribution >= 4 is 11.9 Å². The second-order valence-electron chi connectivity index (χ2n) is 10.3. The van der Waals surface area contributed by atoms with Gasteiger partial charge in [0.2, 0.25) is 11.9 Å². The van der Waals surface area contributed by atoms with Crippen molar-refractivity contribution in [3.63, 3.8) is 0 Å². The van der Waals surface area contributed by atoms with Gasteiger partial charge in [0.15, 0.2) is 0 Å². The van der Waals surface area contributed by atoms with Crippen LogP contribution < -0.4 is 10.6 Å². The smallest absolute Gasteiger partial charge is 0.348 e. The summed E-state index contributed by atoms with van der Waals surface area (Å²) in [7, 11) is 1.67. The lowest BCUT2D eigenvalue weighted by atomic mass is 9.46. The summed E-state index contributed by atoms with van der Waals surface area (Å²) in [6.07, 6.45) is 3.63. The summed E-state index contributed by atoms with van der Waals surface area (Å²) in [6, 6.07) is 2.62. The molecule has 5 unspecified atom stereocenters. The Morgan fingerprint density at radius 2 is 2.12 bits per heavy atom. The van der Waals surface area contributed by atoms with Crippen molar-refractivity contribution in [2.24, 2.45) is 11.3 Å². The molecule has 3 aliphatic rings. The number of aromatic nitrogens is 2. The number of carbonyl (C=O) groups is 1. The van der Waals surface area contributed by atoms with Crippen LogP contribution in [0.1, 0.15) is 70.9 Å². The first kappa shape index (κ1) is 24.7. The third-order valence-corrected chi connectivity index (χ3v) is 8.81. The fourth-order valence-electron chi connectivity index (χ4n) is 7.06. The average molecular weight is 479 g/mol. The van der Waals surface area contributed by atoms with Crippen LogP contribution in [0.3, 0.4) is 0 Å². The summed E-state index contributed by atoms with van der Waals surface area (Å²) < 4.78 is 39.5. The molecule has 1 heterocycles. The normalized spacial score (nSPS) is 32.8.